The van der Waals surface area contributed by atoms with Gasteiger partial charge in [0.2, 0.25) is 0 Å². The maximum absolute atomic E-state index is 12.5. The molecule has 0 aliphatic carbocycles. The molecule has 2 rings (SSSR count). The summed E-state index contributed by atoms with van der Waals surface area (Å²) in [5.74, 6) is 0.101. The van der Waals surface area contributed by atoms with Crippen LogP contribution in [-0.2, 0) is 0 Å². The van der Waals surface area contributed by atoms with Gasteiger partial charge in [0.25, 0.3) is 5.91 Å². The van der Waals surface area contributed by atoms with Crippen molar-refractivity contribution in [2.45, 2.75) is 25.8 Å². The highest BCUT2D eigenvalue weighted by molar-refractivity contribution is 14.1. The van der Waals surface area contributed by atoms with Crippen LogP contribution in [0.1, 0.15) is 30.1 Å². The number of halogens is 1. The third kappa shape index (κ3) is 3.95. The Hall–Kier alpha value is -1.13. The van der Waals surface area contributed by atoms with Gasteiger partial charge in [0.15, 0.2) is 0 Å². The molecule has 1 saturated heterocycles. The van der Waals surface area contributed by atoms with Crippen LogP contribution in [0.4, 0.5) is 0 Å². The summed E-state index contributed by atoms with van der Waals surface area (Å²) >= 11 is 2.20. The first-order valence-electron chi connectivity index (χ1n) is 7.34. The van der Waals surface area contributed by atoms with Gasteiger partial charge in [0, 0.05) is 29.7 Å². The highest BCUT2D eigenvalue weighted by atomic mass is 127. The van der Waals surface area contributed by atoms with Crippen molar-refractivity contribution in [3.05, 3.63) is 33.4 Å². The van der Waals surface area contributed by atoms with Gasteiger partial charge in [0.1, 0.15) is 0 Å². The summed E-state index contributed by atoms with van der Waals surface area (Å²) in [5.41, 5.74) is 0.775. The lowest BCUT2D eigenvalue weighted by Crippen LogP contribution is -2.51. The first-order chi connectivity index (χ1) is 10.2. The molecule has 1 aliphatic rings. The van der Waals surface area contributed by atoms with Crippen LogP contribution in [-0.4, -0.2) is 47.9 Å². The molecule has 21 heavy (non-hydrogen) atoms. The van der Waals surface area contributed by atoms with Gasteiger partial charge in [-0.05, 0) is 41.1 Å². The Morgan fingerprint density at radius 1 is 1.33 bits per heavy atom. The van der Waals surface area contributed by atoms with Crippen molar-refractivity contribution in [1.29, 1.82) is 5.26 Å². The van der Waals surface area contributed by atoms with Crippen LogP contribution in [0.2, 0.25) is 0 Å². The molecule has 0 bridgehead atoms. The topological polar surface area (TPSA) is 47.3 Å². The number of carbonyl (C=O) groups excluding carboxylic acids is 1. The van der Waals surface area contributed by atoms with Gasteiger partial charge in [-0.15, -0.1) is 0 Å². The lowest BCUT2D eigenvalue weighted by molar-refractivity contribution is 0.0600. The first kappa shape index (κ1) is 16.2. The zero-order valence-electron chi connectivity index (χ0n) is 12.3. The summed E-state index contributed by atoms with van der Waals surface area (Å²) < 4.78 is 0.989. The third-order valence-electron chi connectivity index (χ3n) is 3.86. The van der Waals surface area contributed by atoms with Crippen molar-refractivity contribution >= 4 is 28.5 Å². The quantitative estimate of drug-likeness (QED) is 0.735. The zero-order chi connectivity index (χ0) is 15.2. The van der Waals surface area contributed by atoms with Crippen LogP contribution in [0.3, 0.4) is 0 Å². The van der Waals surface area contributed by atoms with Gasteiger partial charge >= 0.3 is 0 Å². The molecule has 4 nitrogen and oxygen atoms in total. The fourth-order valence-electron chi connectivity index (χ4n) is 2.64. The Morgan fingerprint density at radius 3 is 2.57 bits per heavy atom. The second-order valence-corrected chi connectivity index (χ2v) is 6.40. The molecule has 1 heterocycles. The lowest BCUT2D eigenvalue weighted by atomic mass is 10.1. The van der Waals surface area contributed by atoms with Gasteiger partial charge in [-0.25, -0.2) is 0 Å². The van der Waals surface area contributed by atoms with Crippen molar-refractivity contribution in [3.8, 4) is 6.07 Å². The molecule has 1 aliphatic heterocycles. The van der Waals surface area contributed by atoms with Gasteiger partial charge in [-0.1, -0.05) is 25.5 Å². The second kappa shape index (κ2) is 7.76. The molecule has 5 heteroatoms. The first-order valence-corrected chi connectivity index (χ1v) is 8.42. The van der Waals surface area contributed by atoms with Crippen molar-refractivity contribution in [1.82, 2.24) is 9.80 Å². The smallest absolute Gasteiger partial charge is 0.255 e. The van der Waals surface area contributed by atoms with E-state index in [9.17, 15) is 10.1 Å². The summed E-state index contributed by atoms with van der Waals surface area (Å²) in [4.78, 5) is 16.6. The maximum Gasteiger partial charge on any atom is 0.255 e. The van der Waals surface area contributed by atoms with Gasteiger partial charge in [-0.2, -0.15) is 5.26 Å². The summed E-state index contributed by atoms with van der Waals surface area (Å²) in [5, 5.41) is 9.23. The van der Waals surface area contributed by atoms with E-state index in [1.807, 2.05) is 29.2 Å². The van der Waals surface area contributed by atoms with Crippen molar-refractivity contribution < 1.29 is 4.79 Å². The molecule has 1 amide bonds. The molecule has 1 aromatic carbocycles. The summed E-state index contributed by atoms with van der Waals surface area (Å²) in [6.07, 6.45) is 1.92. The maximum atomic E-state index is 12.5. The van der Waals surface area contributed by atoms with E-state index in [1.165, 1.54) is 0 Å². The van der Waals surface area contributed by atoms with Gasteiger partial charge in [-0.3, -0.25) is 9.69 Å². The van der Waals surface area contributed by atoms with Crippen molar-refractivity contribution in [2.24, 2.45) is 0 Å². The molecule has 1 fully saturated rings. The molecule has 1 unspecified atom stereocenters. The van der Waals surface area contributed by atoms with E-state index in [0.29, 0.717) is 13.1 Å². The Balaban J connectivity index is 1.97. The molecule has 1 atom stereocenters. The monoisotopic (exact) mass is 397 g/mol. The molecular weight excluding hydrogens is 377 g/mol. The van der Waals surface area contributed by atoms with E-state index in [-0.39, 0.29) is 11.9 Å². The van der Waals surface area contributed by atoms with Gasteiger partial charge in [0.05, 0.1) is 17.7 Å². The van der Waals surface area contributed by atoms with Crippen LogP contribution in [0.5, 0.6) is 0 Å². The predicted molar refractivity (Wildman–Crippen MR) is 90.9 cm³/mol. The molecule has 0 radical (unpaired) electrons. The van der Waals surface area contributed by atoms with Crippen LogP contribution < -0.4 is 0 Å². The predicted octanol–water partition coefficient (Wildman–Crippen LogP) is 2.74. The van der Waals surface area contributed by atoms with Crippen LogP contribution >= 0.6 is 22.6 Å². The number of hydrogen-bond donors (Lipinski definition) is 0. The number of amides is 1. The minimum Gasteiger partial charge on any atom is -0.336 e. The molecule has 0 spiro atoms. The Morgan fingerprint density at radius 2 is 2.00 bits per heavy atom. The molecule has 0 aromatic heterocycles. The fourth-order valence-corrected chi connectivity index (χ4v) is 3.26. The van der Waals surface area contributed by atoms with Gasteiger partial charge < -0.3 is 4.90 Å². The molecule has 0 saturated carbocycles. The van der Waals surface area contributed by atoms with E-state index in [2.05, 4.69) is 40.5 Å². The largest absolute Gasteiger partial charge is 0.336 e. The lowest BCUT2D eigenvalue weighted by Gasteiger charge is -2.37. The van der Waals surface area contributed by atoms with Crippen LogP contribution in [0.15, 0.2) is 24.3 Å². The Labute approximate surface area is 139 Å². The zero-order valence-corrected chi connectivity index (χ0v) is 14.4. The summed E-state index contributed by atoms with van der Waals surface area (Å²) in [7, 11) is 0. The van der Waals surface area contributed by atoms with Crippen LogP contribution in [0.25, 0.3) is 0 Å². The number of nitriles is 1. The highest BCUT2D eigenvalue weighted by Gasteiger charge is 2.26. The molecule has 0 N–H and O–H groups in total. The third-order valence-corrected chi connectivity index (χ3v) is 4.80. The second-order valence-electron chi connectivity index (χ2n) is 5.24. The number of piperazine rings is 1. The SMILES string of the molecule is CCCC(C#N)N1CCN(C(=O)c2ccccc2I)CC1. The molecule has 112 valence electrons. The highest BCUT2D eigenvalue weighted by Crippen LogP contribution is 2.17. The Kier molecular flexibility index (Phi) is 6.00. The number of benzene rings is 1. The van der Waals surface area contributed by atoms with E-state index < -0.39 is 0 Å². The standard InChI is InChI=1S/C16H20IN3O/c1-2-5-13(12-18)19-8-10-20(11-9-19)16(21)14-6-3-4-7-15(14)17/h3-4,6-7,13H,2,5,8-11H2,1H3. The molecular formula is C16H20IN3O. The number of nitrogens with zero attached hydrogens (tertiary/aromatic N) is 3. The normalized spacial score (nSPS) is 17.3. The Bertz CT molecular complexity index is 533. The summed E-state index contributed by atoms with van der Waals surface area (Å²) in [6, 6.07) is 10.0. The minimum absolute atomic E-state index is 0.0101. The van der Waals surface area contributed by atoms with Crippen molar-refractivity contribution in [3.63, 3.8) is 0 Å². The summed E-state index contributed by atoms with van der Waals surface area (Å²) in [6.45, 7) is 5.07. The van der Waals surface area contributed by atoms with E-state index in [1.54, 1.807) is 0 Å². The number of hydrogen-bond acceptors (Lipinski definition) is 3. The minimum atomic E-state index is -0.0101. The average Bonchev–Trinajstić information content (AvgIpc) is 2.52. The van der Waals surface area contributed by atoms with E-state index >= 15 is 0 Å². The van der Waals surface area contributed by atoms with Crippen molar-refractivity contribution in [2.75, 3.05) is 26.2 Å². The fraction of sp³-hybridized carbons (Fsp3) is 0.500. The molecule has 1 aromatic rings. The van der Waals surface area contributed by atoms with E-state index in [4.69, 9.17) is 0 Å². The average molecular weight is 397 g/mol. The van der Waals surface area contributed by atoms with Crippen LogP contribution in [0, 0.1) is 14.9 Å². The number of carbonyl (C=O) groups is 1. The number of rotatable bonds is 4. The van der Waals surface area contributed by atoms with E-state index in [0.717, 1.165) is 35.1 Å².